The number of nitrogens with one attached hydrogen (secondary N) is 1. The Bertz CT molecular complexity index is 382. The van der Waals surface area contributed by atoms with Crippen LogP contribution in [0.4, 0.5) is 0 Å². The molecule has 0 radical (unpaired) electrons. The van der Waals surface area contributed by atoms with Gasteiger partial charge in [0.25, 0.3) is 5.91 Å². The molecule has 5 heteroatoms. The Balaban J connectivity index is 2.06. The fourth-order valence-electron chi connectivity index (χ4n) is 2.56. The highest BCUT2D eigenvalue weighted by molar-refractivity contribution is 7.07. The van der Waals surface area contributed by atoms with Crippen molar-refractivity contribution in [3.63, 3.8) is 0 Å². The zero-order valence-corrected chi connectivity index (χ0v) is 11.5. The fraction of sp³-hybridized carbons (Fsp3) is 0.667. The largest absolute Gasteiger partial charge is 0.344 e. The van der Waals surface area contributed by atoms with Crippen LogP contribution in [0.1, 0.15) is 43.1 Å². The summed E-state index contributed by atoms with van der Waals surface area (Å²) in [7, 11) is 0. The van der Waals surface area contributed by atoms with E-state index in [1.54, 1.807) is 10.9 Å². The Hall–Kier alpha value is -0.610. The van der Waals surface area contributed by atoms with Crippen molar-refractivity contribution >= 4 is 28.8 Å². The number of carbonyl (C=O) groups excluding carboxylic acids is 1. The second kappa shape index (κ2) is 5.36. The van der Waals surface area contributed by atoms with Gasteiger partial charge in [-0.15, -0.1) is 22.9 Å². The van der Waals surface area contributed by atoms with E-state index < -0.39 is 0 Å². The van der Waals surface area contributed by atoms with E-state index in [-0.39, 0.29) is 11.4 Å². The third-order valence-electron chi connectivity index (χ3n) is 3.39. The van der Waals surface area contributed by atoms with Crippen LogP contribution >= 0.6 is 22.9 Å². The lowest BCUT2D eigenvalue weighted by Crippen LogP contribution is -2.52. The van der Waals surface area contributed by atoms with E-state index in [9.17, 15) is 4.79 Å². The number of aromatic nitrogens is 1. The van der Waals surface area contributed by atoms with Crippen molar-refractivity contribution in [2.45, 2.75) is 38.1 Å². The molecule has 1 fully saturated rings. The molecule has 0 aromatic carbocycles. The lowest BCUT2D eigenvalue weighted by Gasteiger charge is -2.39. The molecule has 2 unspecified atom stereocenters. The first-order valence-electron chi connectivity index (χ1n) is 5.92. The van der Waals surface area contributed by atoms with E-state index in [1.165, 1.54) is 17.8 Å². The first kappa shape index (κ1) is 12.8. The van der Waals surface area contributed by atoms with Gasteiger partial charge in [-0.3, -0.25) is 4.79 Å². The van der Waals surface area contributed by atoms with Crippen molar-refractivity contribution in [2.75, 3.05) is 5.88 Å². The first-order chi connectivity index (χ1) is 8.15. The normalized spacial score (nSPS) is 28.9. The van der Waals surface area contributed by atoms with Crippen molar-refractivity contribution < 1.29 is 4.79 Å². The predicted molar refractivity (Wildman–Crippen MR) is 70.7 cm³/mol. The number of carbonyl (C=O) groups is 1. The average Bonchev–Trinajstić information content (AvgIpc) is 2.82. The molecule has 0 aliphatic heterocycles. The van der Waals surface area contributed by atoms with Gasteiger partial charge in [0, 0.05) is 11.3 Å². The minimum atomic E-state index is -0.236. The van der Waals surface area contributed by atoms with Gasteiger partial charge in [0.05, 0.1) is 11.0 Å². The quantitative estimate of drug-likeness (QED) is 0.860. The number of alkyl halides is 1. The number of rotatable bonds is 3. The van der Waals surface area contributed by atoms with Crippen LogP contribution < -0.4 is 5.32 Å². The monoisotopic (exact) mass is 272 g/mol. The number of amides is 1. The number of nitrogens with zero attached hydrogens (tertiary/aromatic N) is 1. The second-order valence-corrected chi connectivity index (χ2v) is 5.93. The van der Waals surface area contributed by atoms with Crippen LogP contribution in [-0.4, -0.2) is 22.3 Å². The summed E-state index contributed by atoms with van der Waals surface area (Å²) >= 11 is 7.51. The molecule has 17 heavy (non-hydrogen) atoms. The molecule has 1 aromatic heterocycles. The summed E-state index contributed by atoms with van der Waals surface area (Å²) in [6, 6.07) is 0. The van der Waals surface area contributed by atoms with Gasteiger partial charge >= 0.3 is 0 Å². The summed E-state index contributed by atoms with van der Waals surface area (Å²) in [4.78, 5) is 16.0. The molecule has 1 aliphatic rings. The molecule has 1 aromatic rings. The molecule has 1 heterocycles. The molecule has 1 saturated carbocycles. The van der Waals surface area contributed by atoms with Crippen molar-refractivity contribution in [2.24, 2.45) is 5.92 Å². The zero-order chi connectivity index (χ0) is 12.3. The smallest absolute Gasteiger partial charge is 0.271 e. The van der Waals surface area contributed by atoms with Crippen LogP contribution in [0, 0.1) is 5.92 Å². The summed E-state index contributed by atoms with van der Waals surface area (Å²) in [5, 5.41) is 4.86. The van der Waals surface area contributed by atoms with E-state index in [0.29, 0.717) is 17.5 Å². The molecular weight excluding hydrogens is 256 g/mol. The van der Waals surface area contributed by atoms with Gasteiger partial charge < -0.3 is 5.32 Å². The minimum absolute atomic E-state index is 0.0963. The maximum Gasteiger partial charge on any atom is 0.271 e. The molecule has 3 nitrogen and oxygen atoms in total. The number of hydrogen-bond donors (Lipinski definition) is 1. The van der Waals surface area contributed by atoms with Crippen molar-refractivity contribution in [3.05, 3.63) is 16.6 Å². The van der Waals surface area contributed by atoms with Gasteiger partial charge in [0.1, 0.15) is 5.69 Å². The summed E-state index contributed by atoms with van der Waals surface area (Å²) in [6.07, 6.45) is 4.29. The zero-order valence-electron chi connectivity index (χ0n) is 9.91. The molecule has 0 spiro atoms. The molecule has 0 saturated heterocycles. The van der Waals surface area contributed by atoms with Crippen LogP contribution in [0.3, 0.4) is 0 Å². The van der Waals surface area contributed by atoms with Gasteiger partial charge in [-0.25, -0.2) is 4.98 Å². The van der Waals surface area contributed by atoms with E-state index in [0.717, 1.165) is 19.3 Å². The Labute approximate surface area is 111 Å². The molecule has 2 rings (SSSR count). The minimum Gasteiger partial charge on any atom is -0.344 e. The maximum atomic E-state index is 12.0. The van der Waals surface area contributed by atoms with E-state index in [4.69, 9.17) is 11.6 Å². The standard InChI is InChI=1S/C12H17ClN2OS/c1-9-3-2-4-12(5-9,7-13)15-11(16)10-6-17-8-14-10/h6,8-9H,2-5,7H2,1H3,(H,15,16). The Morgan fingerprint density at radius 2 is 2.59 bits per heavy atom. The second-order valence-electron chi connectivity index (χ2n) is 4.94. The Morgan fingerprint density at radius 1 is 1.76 bits per heavy atom. The third-order valence-corrected chi connectivity index (χ3v) is 4.49. The number of hydrogen-bond acceptors (Lipinski definition) is 3. The average molecular weight is 273 g/mol. The summed E-state index contributed by atoms with van der Waals surface area (Å²) < 4.78 is 0. The van der Waals surface area contributed by atoms with Crippen molar-refractivity contribution in [3.8, 4) is 0 Å². The predicted octanol–water partition coefficient (Wildman–Crippen LogP) is 3.06. The van der Waals surface area contributed by atoms with Gasteiger partial charge in [0.2, 0.25) is 0 Å². The van der Waals surface area contributed by atoms with Crippen molar-refractivity contribution in [1.82, 2.24) is 10.3 Å². The van der Waals surface area contributed by atoms with Gasteiger partial charge in [-0.1, -0.05) is 19.8 Å². The Kier molecular flexibility index (Phi) is 4.05. The van der Waals surface area contributed by atoms with Crippen LogP contribution in [-0.2, 0) is 0 Å². The van der Waals surface area contributed by atoms with Crippen molar-refractivity contribution in [1.29, 1.82) is 0 Å². The number of thiazole rings is 1. The third kappa shape index (κ3) is 2.99. The van der Waals surface area contributed by atoms with Crippen LogP contribution in [0.25, 0.3) is 0 Å². The Morgan fingerprint density at radius 3 is 3.18 bits per heavy atom. The molecule has 1 N–H and O–H groups in total. The lowest BCUT2D eigenvalue weighted by molar-refractivity contribution is 0.0863. The molecule has 0 bridgehead atoms. The highest BCUT2D eigenvalue weighted by atomic mass is 35.5. The molecular formula is C12H17ClN2OS. The summed E-state index contributed by atoms with van der Waals surface area (Å²) in [5.41, 5.74) is 1.93. The topological polar surface area (TPSA) is 42.0 Å². The molecule has 94 valence electrons. The summed E-state index contributed by atoms with van der Waals surface area (Å²) in [5.74, 6) is 1.01. The highest BCUT2D eigenvalue weighted by Gasteiger charge is 2.36. The summed E-state index contributed by atoms with van der Waals surface area (Å²) in [6.45, 7) is 2.22. The maximum absolute atomic E-state index is 12.0. The fourth-order valence-corrected chi connectivity index (χ4v) is 3.40. The van der Waals surface area contributed by atoms with Gasteiger partial charge in [0.15, 0.2) is 0 Å². The van der Waals surface area contributed by atoms with Crippen LogP contribution in [0.15, 0.2) is 10.9 Å². The van der Waals surface area contributed by atoms with Gasteiger partial charge in [-0.2, -0.15) is 0 Å². The first-order valence-corrected chi connectivity index (χ1v) is 7.40. The number of halogens is 1. The van der Waals surface area contributed by atoms with E-state index >= 15 is 0 Å². The van der Waals surface area contributed by atoms with Crippen LogP contribution in [0.2, 0.25) is 0 Å². The van der Waals surface area contributed by atoms with Gasteiger partial charge in [-0.05, 0) is 18.8 Å². The lowest BCUT2D eigenvalue weighted by atomic mass is 9.77. The molecule has 1 aliphatic carbocycles. The molecule has 2 atom stereocenters. The van der Waals surface area contributed by atoms with E-state index in [2.05, 4.69) is 17.2 Å². The SMILES string of the molecule is CC1CCCC(CCl)(NC(=O)c2cscn2)C1. The van der Waals surface area contributed by atoms with E-state index in [1.807, 2.05) is 0 Å². The highest BCUT2D eigenvalue weighted by Crippen LogP contribution is 2.33. The molecule has 1 amide bonds. The van der Waals surface area contributed by atoms with Crippen LogP contribution in [0.5, 0.6) is 0 Å².